The molecule has 0 radical (unpaired) electrons. The fourth-order valence-electron chi connectivity index (χ4n) is 11.2. The molecule has 6 aromatic rings. The quantitative estimate of drug-likeness (QED) is 0.0605. The Morgan fingerprint density at radius 3 is 1.95 bits per heavy atom. The van der Waals surface area contributed by atoms with Gasteiger partial charge in [0.05, 0.1) is 12.6 Å². The van der Waals surface area contributed by atoms with E-state index >= 15 is 28.8 Å². The Kier molecular flexibility index (Phi) is 20.0. The van der Waals surface area contributed by atoms with Crippen molar-refractivity contribution in [3.05, 3.63) is 174 Å². The topological polar surface area (TPSA) is 255 Å². The SMILES string of the molecule is NCCNC(=O)O[C@@H]1C[C@H]2C(=O)N[C@@H](CCc3ccccc3)C(=O)N[C@H](Cc3c[nH]c4ccccc34)C(=O)C[C@@H](CC3CCNCC3)C(=O)N[C@@H](Cc3ccc(OCc4ccccc4)cc3)C(=O)N[C@@H](Cc3ccccc3)C(=O)N2C1. The molecular formula is C63H73N9O9. The van der Waals surface area contributed by atoms with Crippen LogP contribution in [0.4, 0.5) is 4.79 Å². The zero-order valence-corrected chi connectivity index (χ0v) is 45.5. The van der Waals surface area contributed by atoms with Crippen molar-refractivity contribution in [2.45, 2.75) is 107 Å². The summed E-state index contributed by atoms with van der Waals surface area (Å²) in [6.45, 7) is 1.85. The number of amides is 6. The third-order valence-corrected chi connectivity index (χ3v) is 15.6. The summed E-state index contributed by atoms with van der Waals surface area (Å²) in [4.78, 5) is 109. The number of aryl methyl sites for hydroxylation is 1. The van der Waals surface area contributed by atoms with Gasteiger partial charge in [-0.15, -0.1) is 0 Å². The first-order chi connectivity index (χ1) is 39.5. The van der Waals surface area contributed by atoms with Crippen LogP contribution in [0, 0.1) is 11.8 Å². The molecule has 3 fully saturated rings. The zero-order valence-electron chi connectivity index (χ0n) is 45.5. The number of nitrogens with zero attached hydrogens (tertiary/aromatic N) is 1. The average molecular weight is 1100 g/mol. The minimum atomic E-state index is -1.30. The highest BCUT2D eigenvalue weighted by Gasteiger charge is 2.45. The van der Waals surface area contributed by atoms with Gasteiger partial charge < -0.3 is 57.0 Å². The predicted octanol–water partition coefficient (Wildman–Crippen LogP) is 4.98. The Labute approximate surface area is 472 Å². The monoisotopic (exact) mass is 1100 g/mol. The summed E-state index contributed by atoms with van der Waals surface area (Å²) < 4.78 is 11.9. The molecule has 4 heterocycles. The fraction of sp³-hybridized carbons (Fsp3) is 0.381. The van der Waals surface area contributed by atoms with Gasteiger partial charge in [-0.3, -0.25) is 28.8 Å². The average Bonchev–Trinajstić information content (AvgIpc) is 4.11. The molecule has 0 saturated carbocycles. The van der Waals surface area contributed by atoms with E-state index < -0.39 is 83.6 Å². The van der Waals surface area contributed by atoms with Crippen molar-refractivity contribution in [3.8, 4) is 5.75 Å². The van der Waals surface area contributed by atoms with Crippen molar-refractivity contribution < 1.29 is 43.0 Å². The van der Waals surface area contributed by atoms with Crippen LogP contribution in [0.1, 0.15) is 66.3 Å². The van der Waals surface area contributed by atoms with Gasteiger partial charge in [-0.05, 0) is 97.1 Å². The van der Waals surface area contributed by atoms with Gasteiger partial charge in [0.1, 0.15) is 42.6 Å². The lowest BCUT2D eigenvalue weighted by atomic mass is 9.83. The Morgan fingerprint density at radius 2 is 1.23 bits per heavy atom. The van der Waals surface area contributed by atoms with Crippen LogP contribution in [0.2, 0.25) is 0 Å². The molecule has 3 aliphatic rings. The van der Waals surface area contributed by atoms with Crippen molar-refractivity contribution in [3.63, 3.8) is 0 Å². The summed E-state index contributed by atoms with van der Waals surface area (Å²) in [5.74, 6) is -3.82. The van der Waals surface area contributed by atoms with Crippen molar-refractivity contribution in [2.24, 2.45) is 17.6 Å². The highest BCUT2D eigenvalue weighted by Crippen LogP contribution is 2.28. The third-order valence-electron chi connectivity index (χ3n) is 15.6. The fourth-order valence-corrected chi connectivity index (χ4v) is 11.2. The van der Waals surface area contributed by atoms with E-state index in [9.17, 15) is 4.79 Å². The number of fused-ring (bicyclic) bond motifs is 2. The Morgan fingerprint density at radius 1 is 0.630 bits per heavy atom. The third kappa shape index (κ3) is 15.9. The number of carbonyl (C=O) groups is 7. The molecule has 0 bridgehead atoms. The number of alkyl carbamates (subject to hydrolysis) is 1. The van der Waals surface area contributed by atoms with Gasteiger partial charge in [0.2, 0.25) is 29.5 Å². The molecule has 0 unspecified atom stereocenters. The molecule has 5 aromatic carbocycles. The van der Waals surface area contributed by atoms with Crippen LogP contribution in [0.15, 0.2) is 146 Å². The number of ketones is 1. The van der Waals surface area contributed by atoms with Gasteiger partial charge in [-0.1, -0.05) is 121 Å². The van der Waals surface area contributed by atoms with E-state index in [1.165, 1.54) is 4.90 Å². The van der Waals surface area contributed by atoms with Gasteiger partial charge in [0, 0.05) is 68.2 Å². The lowest BCUT2D eigenvalue weighted by Gasteiger charge is -2.32. The number of H-pyrrole nitrogens is 1. The van der Waals surface area contributed by atoms with Gasteiger partial charge in [-0.25, -0.2) is 4.79 Å². The maximum atomic E-state index is 15.4. The van der Waals surface area contributed by atoms with E-state index in [2.05, 4.69) is 36.9 Å². The number of para-hydroxylation sites is 1. The number of benzene rings is 5. The maximum Gasteiger partial charge on any atom is 0.407 e. The van der Waals surface area contributed by atoms with Crippen LogP contribution >= 0.6 is 0 Å². The summed E-state index contributed by atoms with van der Waals surface area (Å²) in [5.41, 5.74) is 10.5. The van der Waals surface area contributed by atoms with Crippen LogP contribution < -0.4 is 42.4 Å². The number of nitrogens with one attached hydrogen (secondary N) is 7. The number of nitrogens with two attached hydrogens (primary N) is 1. The van der Waals surface area contributed by atoms with Crippen molar-refractivity contribution in [1.82, 2.24) is 41.8 Å². The molecule has 81 heavy (non-hydrogen) atoms. The number of ether oxygens (including phenoxy) is 2. The molecule has 0 aliphatic carbocycles. The number of piperidine rings is 1. The normalized spacial score (nSPS) is 22.6. The number of carbonyl (C=O) groups excluding carboxylic acids is 7. The van der Waals surface area contributed by atoms with Crippen molar-refractivity contribution in [2.75, 3.05) is 32.7 Å². The first-order valence-electron chi connectivity index (χ1n) is 28.2. The first kappa shape index (κ1) is 57.3. The molecule has 6 amide bonds. The van der Waals surface area contributed by atoms with Crippen molar-refractivity contribution in [1.29, 1.82) is 0 Å². The minimum absolute atomic E-state index is 0.0109. The Balaban J connectivity index is 1.10. The molecule has 9 N–H and O–H groups in total. The second-order valence-corrected chi connectivity index (χ2v) is 21.4. The van der Waals surface area contributed by atoms with Gasteiger partial charge >= 0.3 is 6.09 Å². The molecule has 9 rings (SSSR count). The lowest BCUT2D eigenvalue weighted by Crippen LogP contribution is -2.60. The van der Waals surface area contributed by atoms with E-state index in [1.54, 1.807) is 18.3 Å². The summed E-state index contributed by atoms with van der Waals surface area (Å²) in [7, 11) is 0. The van der Waals surface area contributed by atoms with Crippen LogP contribution in [-0.2, 0) is 65.8 Å². The van der Waals surface area contributed by atoms with Gasteiger partial charge in [-0.2, -0.15) is 0 Å². The van der Waals surface area contributed by atoms with Crippen LogP contribution in [0.3, 0.4) is 0 Å². The number of hydrogen-bond acceptors (Lipinski definition) is 11. The highest BCUT2D eigenvalue weighted by atomic mass is 16.6. The van der Waals surface area contributed by atoms with E-state index in [0.717, 1.165) is 53.5 Å². The van der Waals surface area contributed by atoms with E-state index in [0.29, 0.717) is 36.3 Å². The zero-order chi connectivity index (χ0) is 56.5. The minimum Gasteiger partial charge on any atom is -0.489 e. The number of rotatable bonds is 17. The number of aromatic nitrogens is 1. The predicted molar refractivity (Wildman–Crippen MR) is 306 cm³/mol. The van der Waals surface area contributed by atoms with Crippen LogP contribution in [0.5, 0.6) is 5.75 Å². The number of aromatic amines is 1. The second-order valence-electron chi connectivity index (χ2n) is 21.4. The maximum absolute atomic E-state index is 15.4. The summed E-state index contributed by atoms with van der Waals surface area (Å²) in [6.07, 6.45) is 1.99. The molecule has 7 atom stereocenters. The highest BCUT2D eigenvalue weighted by molar-refractivity contribution is 5.99. The molecule has 0 spiro atoms. The summed E-state index contributed by atoms with van der Waals surface area (Å²) in [6, 6.07) is 36.9. The number of hydrogen-bond donors (Lipinski definition) is 8. The van der Waals surface area contributed by atoms with E-state index in [1.807, 2.05) is 127 Å². The Bertz CT molecular complexity index is 3080. The van der Waals surface area contributed by atoms with Crippen LogP contribution in [-0.4, -0.2) is 120 Å². The van der Waals surface area contributed by atoms with Crippen LogP contribution in [0.25, 0.3) is 10.9 Å². The molecule has 3 saturated heterocycles. The first-order valence-corrected chi connectivity index (χ1v) is 28.2. The smallest absolute Gasteiger partial charge is 0.407 e. The largest absolute Gasteiger partial charge is 0.489 e. The molecule has 3 aliphatic heterocycles. The van der Waals surface area contributed by atoms with E-state index in [4.69, 9.17) is 15.2 Å². The molecule has 1 aromatic heterocycles. The molecule has 18 heteroatoms. The Hall–Kier alpha value is -8.35. The summed E-state index contributed by atoms with van der Waals surface area (Å²) >= 11 is 0. The lowest BCUT2D eigenvalue weighted by molar-refractivity contribution is -0.143. The van der Waals surface area contributed by atoms with Crippen molar-refractivity contribution >= 4 is 52.3 Å². The molecule has 424 valence electrons. The van der Waals surface area contributed by atoms with E-state index in [-0.39, 0.29) is 64.1 Å². The molecular weight excluding hydrogens is 1030 g/mol. The van der Waals surface area contributed by atoms with Gasteiger partial charge in [0.15, 0.2) is 5.78 Å². The van der Waals surface area contributed by atoms with Gasteiger partial charge in [0.25, 0.3) is 0 Å². The summed E-state index contributed by atoms with van der Waals surface area (Å²) in [5, 5.41) is 18.9. The second kappa shape index (κ2) is 28.2. The number of Topliss-reactive ketones (excluding diaryl/α,β-unsaturated/α-hetero) is 1. The standard InChI is InChI=1S/C63H73N9O9/c64-28-31-66-63(79)81-49-37-56-61(77)68-52(25-22-41-12-4-1-5-13-41)59(75)69-53(35-47-38-67-51-19-11-10-18-50(47)51)57(73)36-46(32-44-26-29-65-30-27-44)58(74)70-54(33-43-20-23-48(24-21-43)80-40-45-16-8-3-9-17-45)60(76)71-55(62(78)72(56)39-49)34-42-14-6-2-7-15-42/h1-21,23-24,38,44,46,49,52-56,65,67H,22,25-37,39-40,64H2,(H,66,79)(H,68,77)(H,69,75)(H,70,74)(H,71,76)/t46-,49-,52+,53-,54+,55+,56+/m1/s1. The molecule has 18 nitrogen and oxygen atoms in total.